The SMILES string of the molecule is CCCC1(CCCCC2(CC(C)C)CC2)CCC(CC2CCN(C(C)C)CC2)CC1. The molecule has 1 aliphatic heterocycles. The smallest absolute Gasteiger partial charge is 0.00385 e. The molecule has 0 amide bonds. The van der Waals surface area contributed by atoms with Gasteiger partial charge >= 0.3 is 0 Å². The third kappa shape index (κ3) is 7.25. The minimum atomic E-state index is 0.723. The first kappa shape index (κ1) is 24.6. The fourth-order valence-corrected chi connectivity index (χ4v) is 7.46. The van der Waals surface area contributed by atoms with Crippen molar-refractivity contribution in [3.8, 4) is 0 Å². The van der Waals surface area contributed by atoms with Crippen LogP contribution in [0.2, 0.25) is 0 Å². The summed E-state index contributed by atoms with van der Waals surface area (Å²) in [4.78, 5) is 2.69. The van der Waals surface area contributed by atoms with Gasteiger partial charge in [0.25, 0.3) is 0 Å². The molecule has 1 heterocycles. The van der Waals surface area contributed by atoms with Gasteiger partial charge in [-0.15, -0.1) is 0 Å². The summed E-state index contributed by atoms with van der Waals surface area (Å²) in [6.45, 7) is 14.7. The molecule has 3 rings (SSSR count). The van der Waals surface area contributed by atoms with Gasteiger partial charge in [0, 0.05) is 6.04 Å². The van der Waals surface area contributed by atoms with Gasteiger partial charge in [-0.2, -0.15) is 0 Å². The maximum absolute atomic E-state index is 2.69. The molecule has 2 saturated carbocycles. The third-order valence-corrected chi connectivity index (χ3v) is 9.45. The van der Waals surface area contributed by atoms with Crippen molar-refractivity contribution in [1.29, 1.82) is 0 Å². The zero-order valence-electron chi connectivity index (χ0n) is 21.5. The molecule has 1 saturated heterocycles. The number of unbranched alkanes of at least 4 members (excludes halogenated alkanes) is 1. The van der Waals surface area contributed by atoms with Crippen molar-refractivity contribution < 1.29 is 0 Å². The molecule has 3 fully saturated rings. The fraction of sp³-hybridized carbons (Fsp3) is 1.00. The van der Waals surface area contributed by atoms with E-state index in [0.29, 0.717) is 0 Å². The molecule has 0 unspecified atom stereocenters. The molecule has 0 N–H and O–H groups in total. The maximum Gasteiger partial charge on any atom is 0.00385 e. The van der Waals surface area contributed by atoms with Crippen LogP contribution in [0.1, 0.15) is 137 Å². The molecular weight excluding hydrogens is 362 g/mol. The van der Waals surface area contributed by atoms with Crippen LogP contribution in [0.3, 0.4) is 0 Å². The summed E-state index contributed by atoms with van der Waals surface area (Å²) in [5, 5.41) is 0. The van der Waals surface area contributed by atoms with Crippen molar-refractivity contribution in [2.45, 2.75) is 143 Å². The minimum Gasteiger partial charge on any atom is -0.301 e. The van der Waals surface area contributed by atoms with E-state index in [1.807, 2.05) is 0 Å². The molecule has 1 heteroatoms. The van der Waals surface area contributed by atoms with Gasteiger partial charge in [-0.1, -0.05) is 40.0 Å². The van der Waals surface area contributed by atoms with E-state index < -0.39 is 0 Å². The molecule has 2 aliphatic carbocycles. The highest BCUT2D eigenvalue weighted by Crippen LogP contribution is 2.55. The van der Waals surface area contributed by atoms with Crippen molar-refractivity contribution >= 4 is 0 Å². The van der Waals surface area contributed by atoms with Crippen LogP contribution in [-0.4, -0.2) is 24.0 Å². The molecule has 0 radical (unpaired) electrons. The Morgan fingerprint density at radius 1 is 0.733 bits per heavy atom. The van der Waals surface area contributed by atoms with Crippen molar-refractivity contribution in [2.75, 3.05) is 13.1 Å². The van der Waals surface area contributed by atoms with Gasteiger partial charge in [-0.05, 0) is 139 Å². The van der Waals surface area contributed by atoms with E-state index in [4.69, 9.17) is 0 Å². The van der Waals surface area contributed by atoms with E-state index in [0.717, 1.165) is 34.6 Å². The molecule has 0 atom stereocenters. The highest BCUT2D eigenvalue weighted by Gasteiger charge is 2.42. The highest BCUT2D eigenvalue weighted by atomic mass is 15.1. The van der Waals surface area contributed by atoms with E-state index in [1.165, 1.54) is 83.7 Å². The summed E-state index contributed by atoms with van der Waals surface area (Å²) in [5.74, 6) is 2.97. The first-order valence-corrected chi connectivity index (χ1v) is 14.1. The van der Waals surface area contributed by atoms with E-state index >= 15 is 0 Å². The predicted octanol–water partition coefficient (Wildman–Crippen LogP) is 8.86. The predicted molar refractivity (Wildman–Crippen MR) is 133 cm³/mol. The average Bonchev–Trinajstić information content (AvgIpc) is 3.46. The lowest BCUT2D eigenvalue weighted by atomic mass is 9.64. The minimum absolute atomic E-state index is 0.723. The second-order valence-corrected chi connectivity index (χ2v) is 12.8. The summed E-state index contributed by atoms with van der Waals surface area (Å²) >= 11 is 0. The normalized spacial score (nSPS) is 30.3. The first-order chi connectivity index (χ1) is 14.4. The highest BCUT2D eigenvalue weighted by molar-refractivity contribution is 4.94. The molecule has 0 aromatic heterocycles. The largest absolute Gasteiger partial charge is 0.301 e. The van der Waals surface area contributed by atoms with E-state index in [1.54, 1.807) is 32.1 Å². The molecule has 0 bridgehead atoms. The van der Waals surface area contributed by atoms with Gasteiger partial charge in [0.15, 0.2) is 0 Å². The molecule has 0 aromatic carbocycles. The van der Waals surface area contributed by atoms with Gasteiger partial charge in [-0.25, -0.2) is 0 Å². The van der Waals surface area contributed by atoms with Crippen molar-refractivity contribution in [3.05, 3.63) is 0 Å². The van der Waals surface area contributed by atoms with Crippen LogP contribution in [0.5, 0.6) is 0 Å². The van der Waals surface area contributed by atoms with Gasteiger partial charge < -0.3 is 4.90 Å². The zero-order valence-corrected chi connectivity index (χ0v) is 21.5. The molecule has 3 aliphatic rings. The Kier molecular flexibility index (Phi) is 9.18. The summed E-state index contributed by atoms with van der Waals surface area (Å²) in [7, 11) is 0. The number of hydrogen-bond acceptors (Lipinski definition) is 1. The first-order valence-electron chi connectivity index (χ1n) is 14.1. The molecule has 1 nitrogen and oxygen atoms in total. The quantitative estimate of drug-likeness (QED) is 0.286. The van der Waals surface area contributed by atoms with Crippen molar-refractivity contribution in [2.24, 2.45) is 28.6 Å². The molecule has 0 spiro atoms. The van der Waals surface area contributed by atoms with Crippen molar-refractivity contribution in [3.63, 3.8) is 0 Å². The summed E-state index contributed by atoms with van der Waals surface area (Å²) < 4.78 is 0. The number of hydrogen-bond donors (Lipinski definition) is 0. The number of piperidine rings is 1. The van der Waals surface area contributed by atoms with Crippen LogP contribution in [0.15, 0.2) is 0 Å². The van der Waals surface area contributed by atoms with Crippen molar-refractivity contribution in [1.82, 2.24) is 4.90 Å². The summed E-state index contributed by atoms with van der Waals surface area (Å²) in [6, 6.07) is 0.746. The topological polar surface area (TPSA) is 3.24 Å². The number of likely N-dealkylation sites (tertiary alicyclic amines) is 1. The standard InChI is InChI=1S/C29H55N/c1-6-13-28(14-7-8-15-29(18-19-29)23-24(2)3)16-9-26(10-17-28)22-27-11-20-30(21-12-27)25(4)5/h24-27H,6-23H2,1-5H3. The third-order valence-electron chi connectivity index (χ3n) is 9.45. The monoisotopic (exact) mass is 417 g/mol. The number of rotatable bonds is 12. The number of nitrogens with zero attached hydrogens (tertiary/aromatic N) is 1. The maximum atomic E-state index is 2.69. The van der Waals surface area contributed by atoms with Crippen LogP contribution in [0, 0.1) is 28.6 Å². The molecule has 0 aromatic rings. The van der Waals surface area contributed by atoms with Crippen LogP contribution in [0.25, 0.3) is 0 Å². The Morgan fingerprint density at radius 3 is 1.80 bits per heavy atom. The Labute approximate surface area is 190 Å². The van der Waals surface area contributed by atoms with E-state index in [9.17, 15) is 0 Å². The average molecular weight is 418 g/mol. The van der Waals surface area contributed by atoms with E-state index in [2.05, 4.69) is 39.5 Å². The zero-order chi connectivity index (χ0) is 21.6. The fourth-order valence-electron chi connectivity index (χ4n) is 7.46. The lowest BCUT2D eigenvalue weighted by Gasteiger charge is -2.42. The van der Waals surface area contributed by atoms with Crippen LogP contribution < -0.4 is 0 Å². The van der Waals surface area contributed by atoms with E-state index in [-0.39, 0.29) is 0 Å². The van der Waals surface area contributed by atoms with Gasteiger partial charge in [-0.3, -0.25) is 0 Å². The van der Waals surface area contributed by atoms with Crippen LogP contribution >= 0.6 is 0 Å². The lowest BCUT2D eigenvalue weighted by molar-refractivity contribution is 0.0901. The summed E-state index contributed by atoms with van der Waals surface area (Å²) in [6.07, 6.45) is 24.2. The second kappa shape index (κ2) is 11.2. The van der Waals surface area contributed by atoms with Crippen LogP contribution in [0.4, 0.5) is 0 Å². The Morgan fingerprint density at radius 2 is 1.30 bits per heavy atom. The van der Waals surface area contributed by atoms with Gasteiger partial charge in [0.2, 0.25) is 0 Å². The van der Waals surface area contributed by atoms with Crippen LogP contribution in [-0.2, 0) is 0 Å². The lowest BCUT2D eigenvalue weighted by Crippen LogP contribution is -2.39. The molecule has 176 valence electrons. The molecule has 30 heavy (non-hydrogen) atoms. The Bertz CT molecular complexity index is 473. The second-order valence-electron chi connectivity index (χ2n) is 12.8. The van der Waals surface area contributed by atoms with Gasteiger partial charge in [0.1, 0.15) is 0 Å². The summed E-state index contributed by atoms with van der Waals surface area (Å²) in [5.41, 5.74) is 1.51. The molecular formula is C29H55N. The Hall–Kier alpha value is -0.0400. The van der Waals surface area contributed by atoms with Gasteiger partial charge in [0.05, 0.1) is 0 Å². The Balaban J connectivity index is 1.36.